The summed E-state index contributed by atoms with van der Waals surface area (Å²) in [7, 11) is 0. The van der Waals surface area contributed by atoms with Crippen molar-refractivity contribution in [1.29, 1.82) is 0 Å². The summed E-state index contributed by atoms with van der Waals surface area (Å²) in [6.45, 7) is 0.392. The predicted octanol–water partition coefficient (Wildman–Crippen LogP) is 1.71. The van der Waals surface area contributed by atoms with Crippen molar-refractivity contribution in [2.75, 3.05) is 0 Å². The molecule has 5 nitrogen and oxygen atoms in total. The maximum atomic E-state index is 10.6. The Morgan fingerprint density at radius 2 is 2.06 bits per heavy atom. The van der Waals surface area contributed by atoms with E-state index in [4.69, 9.17) is 4.74 Å². The van der Waals surface area contributed by atoms with Crippen LogP contribution < -0.4 is 4.74 Å². The third kappa shape index (κ3) is 1.48. The van der Waals surface area contributed by atoms with Crippen LogP contribution in [0.4, 0.5) is 0 Å². The highest BCUT2D eigenvalue weighted by atomic mass is 16.5. The van der Waals surface area contributed by atoms with Crippen molar-refractivity contribution in [1.82, 2.24) is 15.4 Å². The molecule has 17 heavy (non-hydrogen) atoms. The van der Waals surface area contributed by atoms with Crippen molar-refractivity contribution < 1.29 is 9.53 Å². The van der Waals surface area contributed by atoms with Gasteiger partial charge in [-0.05, 0) is 16.7 Å². The lowest BCUT2D eigenvalue weighted by atomic mass is 10.1. The lowest BCUT2D eigenvalue weighted by Crippen LogP contribution is -1.95. The molecule has 0 aliphatic carbocycles. The number of aromatic nitrogens is 3. The Balaban J connectivity index is 2.51. The van der Waals surface area contributed by atoms with E-state index >= 15 is 0 Å². The molecule has 0 fully saturated rings. The molecule has 0 radical (unpaired) electrons. The number of fused-ring (bicyclic) bond motifs is 2. The van der Waals surface area contributed by atoms with Gasteiger partial charge in [0.05, 0.1) is 6.20 Å². The summed E-state index contributed by atoms with van der Waals surface area (Å²) in [4.78, 5) is 10.6. The van der Waals surface area contributed by atoms with Crippen LogP contribution in [-0.2, 0) is 4.79 Å². The fourth-order valence-corrected chi connectivity index (χ4v) is 1.85. The van der Waals surface area contributed by atoms with Crippen LogP contribution in [-0.4, -0.2) is 21.9 Å². The fraction of sp³-hybridized carbons (Fsp3) is 0. The molecule has 0 aliphatic rings. The molecule has 1 aromatic heterocycles. The molecule has 3 aromatic rings. The summed E-state index contributed by atoms with van der Waals surface area (Å²) in [5.74, 6) is 0.419. The minimum atomic E-state index is 0.392. The van der Waals surface area contributed by atoms with Gasteiger partial charge in [-0.2, -0.15) is 0 Å². The number of hydrogen-bond acceptors (Lipinski definition) is 5. The van der Waals surface area contributed by atoms with Gasteiger partial charge in [-0.1, -0.05) is 24.3 Å². The molecule has 0 aliphatic heterocycles. The van der Waals surface area contributed by atoms with E-state index < -0.39 is 0 Å². The predicted molar refractivity (Wildman–Crippen MR) is 61.5 cm³/mol. The van der Waals surface area contributed by atoms with Crippen LogP contribution in [0.3, 0.4) is 0 Å². The van der Waals surface area contributed by atoms with E-state index in [0.717, 1.165) is 16.2 Å². The van der Waals surface area contributed by atoms with Crippen molar-refractivity contribution in [3.63, 3.8) is 0 Å². The maximum absolute atomic E-state index is 10.6. The molecule has 0 saturated heterocycles. The van der Waals surface area contributed by atoms with Gasteiger partial charge in [-0.25, -0.2) is 0 Å². The summed E-state index contributed by atoms with van der Waals surface area (Å²) in [6, 6.07) is 9.54. The molecule has 3 rings (SSSR count). The van der Waals surface area contributed by atoms with Crippen LogP contribution in [0.25, 0.3) is 21.7 Å². The van der Waals surface area contributed by atoms with Crippen molar-refractivity contribution in [2.24, 2.45) is 0 Å². The van der Waals surface area contributed by atoms with Gasteiger partial charge in [0.2, 0.25) is 0 Å². The second-order valence-electron chi connectivity index (χ2n) is 3.51. The Hall–Kier alpha value is -2.56. The maximum Gasteiger partial charge on any atom is 0.298 e. The molecule has 0 N–H and O–H groups in total. The largest absolute Gasteiger partial charge is 0.426 e. The zero-order chi connectivity index (χ0) is 11.7. The monoisotopic (exact) mass is 225 g/mol. The molecule has 2 aromatic carbocycles. The van der Waals surface area contributed by atoms with Gasteiger partial charge in [0, 0.05) is 10.8 Å². The molecule has 0 bridgehead atoms. The SMILES string of the molecule is O=COc1c2ccccc2cc2cnnnc12. The van der Waals surface area contributed by atoms with Gasteiger partial charge in [-0.3, -0.25) is 4.79 Å². The Kier molecular flexibility index (Phi) is 2.15. The molecule has 0 atom stereocenters. The molecule has 82 valence electrons. The van der Waals surface area contributed by atoms with Crippen LogP contribution in [0.15, 0.2) is 36.5 Å². The van der Waals surface area contributed by atoms with Crippen LogP contribution >= 0.6 is 0 Å². The van der Waals surface area contributed by atoms with Gasteiger partial charge in [0.15, 0.2) is 5.75 Å². The van der Waals surface area contributed by atoms with E-state index in [2.05, 4.69) is 15.4 Å². The average Bonchev–Trinajstić information content (AvgIpc) is 2.39. The summed E-state index contributed by atoms with van der Waals surface area (Å²) in [5, 5.41) is 13.8. The molecule has 0 spiro atoms. The second kappa shape index (κ2) is 3.79. The van der Waals surface area contributed by atoms with Gasteiger partial charge in [0.1, 0.15) is 5.52 Å². The highest BCUT2D eigenvalue weighted by Gasteiger charge is 2.10. The van der Waals surface area contributed by atoms with Gasteiger partial charge >= 0.3 is 0 Å². The molecule has 5 heteroatoms. The Labute approximate surface area is 96.0 Å². The lowest BCUT2D eigenvalue weighted by Gasteiger charge is -2.06. The van der Waals surface area contributed by atoms with Crippen LogP contribution in [0.5, 0.6) is 5.75 Å². The number of hydrogen-bond donors (Lipinski definition) is 0. The topological polar surface area (TPSA) is 65.0 Å². The summed E-state index contributed by atoms with van der Waals surface area (Å²) in [6.07, 6.45) is 1.59. The van der Waals surface area contributed by atoms with Crippen molar-refractivity contribution >= 4 is 28.1 Å². The van der Waals surface area contributed by atoms with E-state index in [9.17, 15) is 4.79 Å². The molecule has 1 heterocycles. The fourth-order valence-electron chi connectivity index (χ4n) is 1.85. The first-order chi connectivity index (χ1) is 8.40. The number of rotatable bonds is 2. The zero-order valence-electron chi connectivity index (χ0n) is 8.70. The van der Waals surface area contributed by atoms with Crippen molar-refractivity contribution in [3.05, 3.63) is 36.5 Å². The normalized spacial score (nSPS) is 10.6. The number of nitrogens with zero attached hydrogens (tertiary/aromatic N) is 3. The van der Waals surface area contributed by atoms with E-state index in [1.165, 1.54) is 0 Å². The molecule has 0 unspecified atom stereocenters. The average molecular weight is 225 g/mol. The Bertz CT molecular complexity index is 658. The molecular formula is C12H7N3O2. The summed E-state index contributed by atoms with van der Waals surface area (Å²) >= 11 is 0. The first kappa shape index (κ1) is 9.65. The molecular weight excluding hydrogens is 218 g/mol. The van der Waals surface area contributed by atoms with Gasteiger partial charge in [-0.15, -0.1) is 10.2 Å². The lowest BCUT2D eigenvalue weighted by molar-refractivity contribution is -0.120. The van der Waals surface area contributed by atoms with E-state index in [1.807, 2.05) is 30.3 Å². The third-order valence-electron chi connectivity index (χ3n) is 2.56. The number of ether oxygens (including phenoxy) is 1. The first-order valence-corrected chi connectivity index (χ1v) is 5.00. The van der Waals surface area contributed by atoms with Crippen LogP contribution in [0.2, 0.25) is 0 Å². The Morgan fingerprint density at radius 3 is 2.94 bits per heavy atom. The van der Waals surface area contributed by atoms with Crippen LogP contribution in [0, 0.1) is 0 Å². The van der Waals surface area contributed by atoms with Crippen molar-refractivity contribution in [2.45, 2.75) is 0 Å². The molecule has 0 amide bonds. The highest BCUT2D eigenvalue weighted by Crippen LogP contribution is 2.32. The quantitative estimate of drug-likeness (QED) is 0.490. The minimum Gasteiger partial charge on any atom is -0.426 e. The van der Waals surface area contributed by atoms with Gasteiger partial charge in [0.25, 0.3) is 6.47 Å². The first-order valence-electron chi connectivity index (χ1n) is 5.00. The number of carbonyl (C=O) groups is 1. The highest BCUT2D eigenvalue weighted by molar-refractivity contribution is 6.03. The number of benzene rings is 2. The standard InChI is InChI=1S/C12H7N3O2/c16-7-17-12-10-4-2-1-3-8(10)5-9-6-13-15-14-11(9)12/h1-7H. The minimum absolute atomic E-state index is 0.392. The number of carbonyl (C=O) groups excluding carboxylic acids is 1. The smallest absolute Gasteiger partial charge is 0.298 e. The zero-order valence-corrected chi connectivity index (χ0v) is 8.70. The van der Waals surface area contributed by atoms with E-state index in [0.29, 0.717) is 17.7 Å². The van der Waals surface area contributed by atoms with Gasteiger partial charge < -0.3 is 4.74 Å². The third-order valence-corrected chi connectivity index (χ3v) is 2.56. The van der Waals surface area contributed by atoms with Crippen molar-refractivity contribution in [3.8, 4) is 5.75 Å². The van der Waals surface area contributed by atoms with E-state index in [-0.39, 0.29) is 0 Å². The summed E-state index contributed by atoms with van der Waals surface area (Å²) in [5.41, 5.74) is 0.533. The van der Waals surface area contributed by atoms with E-state index in [1.54, 1.807) is 6.20 Å². The van der Waals surface area contributed by atoms with Crippen LogP contribution in [0.1, 0.15) is 0 Å². The molecule has 0 saturated carbocycles. The summed E-state index contributed by atoms with van der Waals surface area (Å²) < 4.78 is 5.02. The second-order valence-corrected chi connectivity index (χ2v) is 3.51. The Morgan fingerprint density at radius 1 is 1.18 bits per heavy atom.